The van der Waals surface area contributed by atoms with Crippen molar-refractivity contribution in [2.45, 2.75) is 26.7 Å². The Labute approximate surface area is 95.6 Å². The Hall–Kier alpha value is -1.58. The second-order valence-electron chi connectivity index (χ2n) is 3.78. The number of rotatable bonds is 3. The molecule has 0 aromatic rings. The third kappa shape index (κ3) is 2.72. The normalized spacial score (nSPS) is 17.0. The topological polar surface area (TPSA) is 47.9 Å². The third-order valence-corrected chi connectivity index (χ3v) is 2.70. The highest BCUT2D eigenvalue weighted by Crippen LogP contribution is 2.25. The van der Waals surface area contributed by atoms with Gasteiger partial charge >= 0.3 is 5.97 Å². The van der Waals surface area contributed by atoms with Crippen molar-refractivity contribution in [3.8, 4) is 0 Å². The summed E-state index contributed by atoms with van der Waals surface area (Å²) in [6.45, 7) is 4.15. The van der Waals surface area contributed by atoms with Gasteiger partial charge in [0.15, 0.2) is 5.71 Å². The van der Waals surface area contributed by atoms with Crippen LogP contribution in [0.3, 0.4) is 0 Å². The zero-order valence-corrected chi connectivity index (χ0v) is 10.2. The Morgan fingerprint density at radius 3 is 2.50 bits per heavy atom. The minimum absolute atomic E-state index is 0.261. The fourth-order valence-corrected chi connectivity index (χ4v) is 1.55. The van der Waals surface area contributed by atoms with E-state index in [0.29, 0.717) is 0 Å². The summed E-state index contributed by atoms with van der Waals surface area (Å²) >= 11 is 0. The lowest BCUT2D eigenvalue weighted by Gasteiger charge is -2.16. The predicted octanol–water partition coefficient (Wildman–Crippen LogP) is 2.22. The van der Waals surface area contributed by atoms with Crippen molar-refractivity contribution in [1.29, 1.82) is 0 Å². The summed E-state index contributed by atoms with van der Waals surface area (Å²) in [7, 11) is 2.76. The average Bonchev–Trinajstić information content (AvgIpc) is 2.29. The van der Waals surface area contributed by atoms with Crippen LogP contribution in [0.5, 0.6) is 0 Å². The fourth-order valence-electron chi connectivity index (χ4n) is 1.55. The van der Waals surface area contributed by atoms with Crippen LogP contribution in [0, 0.1) is 0 Å². The highest BCUT2D eigenvalue weighted by atomic mass is 16.6. The summed E-state index contributed by atoms with van der Waals surface area (Å²) in [5, 5.41) is 3.73. The Bertz CT molecular complexity index is 378. The van der Waals surface area contributed by atoms with Gasteiger partial charge in [-0.05, 0) is 32.3 Å². The van der Waals surface area contributed by atoms with Crippen molar-refractivity contribution < 1.29 is 14.4 Å². The van der Waals surface area contributed by atoms with Crippen molar-refractivity contribution in [1.82, 2.24) is 0 Å². The standard InChI is InChI=1S/C12H17NO3/c1-8-5-6-10(7-9(8)2)11(13-16-4)12(14)15-3/h6H,5,7H2,1-4H3/b13-11+. The first-order chi connectivity index (χ1) is 7.60. The van der Waals surface area contributed by atoms with Crippen molar-refractivity contribution in [2.24, 2.45) is 5.16 Å². The molecule has 0 fully saturated rings. The molecule has 1 aliphatic carbocycles. The van der Waals surface area contributed by atoms with E-state index in [-0.39, 0.29) is 5.71 Å². The highest BCUT2D eigenvalue weighted by molar-refractivity contribution is 6.43. The lowest BCUT2D eigenvalue weighted by molar-refractivity contribution is -0.132. The molecule has 4 nitrogen and oxygen atoms in total. The van der Waals surface area contributed by atoms with E-state index in [0.717, 1.165) is 18.4 Å². The van der Waals surface area contributed by atoms with Crippen LogP contribution < -0.4 is 0 Å². The first-order valence-electron chi connectivity index (χ1n) is 5.14. The van der Waals surface area contributed by atoms with E-state index >= 15 is 0 Å². The van der Waals surface area contributed by atoms with Crippen molar-refractivity contribution in [2.75, 3.05) is 14.2 Å². The van der Waals surface area contributed by atoms with Gasteiger partial charge in [0.05, 0.1) is 7.11 Å². The van der Waals surface area contributed by atoms with Crippen LogP contribution in [0.2, 0.25) is 0 Å². The molecule has 0 radical (unpaired) electrons. The number of hydrogen-bond donors (Lipinski definition) is 0. The van der Waals surface area contributed by atoms with Crippen molar-refractivity contribution in [3.63, 3.8) is 0 Å². The lowest BCUT2D eigenvalue weighted by atomic mass is 9.91. The molecule has 16 heavy (non-hydrogen) atoms. The molecule has 0 unspecified atom stereocenters. The molecule has 4 heteroatoms. The van der Waals surface area contributed by atoms with Gasteiger partial charge in [-0.2, -0.15) is 0 Å². The van der Waals surface area contributed by atoms with Gasteiger partial charge in [0.2, 0.25) is 0 Å². The van der Waals surface area contributed by atoms with E-state index < -0.39 is 5.97 Å². The second kappa shape index (κ2) is 5.49. The maximum atomic E-state index is 11.5. The number of carbonyl (C=O) groups excluding carboxylic acids is 1. The Kier molecular flexibility index (Phi) is 4.28. The molecule has 1 aliphatic rings. The van der Waals surface area contributed by atoms with Crippen LogP contribution in [0.15, 0.2) is 28.0 Å². The molecule has 0 aromatic heterocycles. The molecule has 0 saturated carbocycles. The maximum Gasteiger partial charge on any atom is 0.360 e. The fraction of sp³-hybridized carbons (Fsp3) is 0.500. The predicted molar refractivity (Wildman–Crippen MR) is 62.2 cm³/mol. The molecule has 0 spiro atoms. The van der Waals surface area contributed by atoms with E-state index in [9.17, 15) is 4.79 Å². The molecule has 0 aliphatic heterocycles. The van der Waals surface area contributed by atoms with Crippen LogP contribution in [0.25, 0.3) is 0 Å². The molecule has 0 saturated heterocycles. The van der Waals surface area contributed by atoms with E-state index in [4.69, 9.17) is 0 Å². The molecule has 88 valence electrons. The Balaban J connectivity index is 2.91. The zero-order valence-electron chi connectivity index (χ0n) is 10.2. The van der Waals surface area contributed by atoms with Gasteiger partial charge in [-0.1, -0.05) is 22.4 Å². The molecular weight excluding hydrogens is 206 g/mol. The molecule has 0 atom stereocenters. The highest BCUT2D eigenvalue weighted by Gasteiger charge is 2.21. The summed E-state index contributed by atoms with van der Waals surface area (Å²) in [5.41, 5.74) is 3.74. The van der Waals surface area contributed by atoms with Crippen LogP contribution in [0.1, 0.15) is 26.7 Å². The van der Waals surface area contributed by atoms with Gasteiger partial charge in [-0.15, -0.1) is 0 Å². The van der Waals surface area contributed by atoms with Crippen LogP contribution in [-0.4, -0.2) is 25.9 Å². The van der Waals surface area contributed by atoms with Crippen LogP contribution in [0.4, 0.5) is 0 Å². The van der Waals surface area contributed by atoms with Gasteiger partial charge in [-0.25, -0.2) is 4.79 Å². The number of methoxy groups -OCH3 is 1. The molecule has 1 rings (SSSR count). The smallest absolute Gasteiger partial charge is 0.360 e. The molecule has 0 bridgehead atoms. The SMILES string of the molecule is CO/N=C(/C(=O)OC)C1=CCC(C)=C(C)C1. The van der Waals surface area contributed by atoms with Crippen LogP contribution >= 0.6 is 0 Å². The summed E-state index contributed by atoms with van der Waals surface area (Å²) in [6.07, 6.45) is 3.57. The van der Waals surface area contributed by atoms with Gasteiger partial charge in [0.25, 0.3) is 0 Å². The summed E-state index contributed by atoms with van der Waals surface area (Å²) in [4.78, 5) is 16.2. The number of nitrogens with zero attached hydrogens (tertiary/aromatic N) is 1. The van der Waals surface area contributed by atoms with Gasteiger partial charge in [0.1, 0.15) is 7.11 Å². The van der Waals surface area contributed by atoms with E-state index in [1.807, 2.05) is 6.08 Å². The van der Waals surface area contributed by atoms with E-state index in [2.05, 4.69) is 28.6 Å². The van der Waals surface area contributed by atoms with Gasteiger partial charge in [0, 0.05) is 0 Å². The largest absolute Gasteiger partial charge is 0.464 e. The molecule has 0 amide bonds. The minimum atomic E-state index is -0.458. The zero-order chi connectivity index (χ0) is 12.1. The maximum absolute atomic E-state index is 11.5. The second-order valence-corrected chi connectivity index (χ2v) is 3.78. The summed E-state index contributed by atoms with van der Waals surface area (Å²) in [6, 6.07) is 0. The van der Waals surface area contributed by atoms with E-state index in [1.165, 1.54) is 25.4 Å². The number of allylic oxidation sites excluding steroid dienone is 3. The number of hydrogen-bond acceptors (Lipinski definition) is 4. The quantitative estimate of drug-likeness (QED) is 0.319. The monoisotopic (exact) mass is 223 g/mol. The number of esters is 1. The van der Waals surface area contributed by atoms with Gasteiger partial charge < -0.3 is 9.57 Å². The first kappa shape index (κ1) is 12.5. The number of carbonyl (C=O) groups is 1. The van der Waals surface area contributed by atoms with Gasteiger partial charge in [-0.3, -0.25) is 0 Å². The summed E-state index contributed by atoms with van der Waals surface area (Å²) in [5.74, 6) is -0.458. The molecule has 0 aromatic carbocycles. The number of ether oxygens (including phenoxy) is 1. The average molecular weight is 223 g/mol. The summed E-state index contributed by atoms with van der Waals surface area (Å²) < 4.78 is 4.67. The molecule has 0 heterocycles. The van der Waals surface area contributed by atoms with Crippen molar-refractivity contribution in [3.05, 3.63) is 22.8 Å². The Morgan fingerprint density at radius 1 is 1.31 bits per heavy atom. The minimum Gasteiger partial charge on any atom is -0.464 e. The molecule has 0 N–H and O–H groups in total. The first-order valence-corrected chi connectivity index (χ1v) is 5.14. The van der Waals surface area contributed by atoms with E-state index in [1.54, 1.807) is 0 Å². The Morgan fingerprint density at radius 2 is 2.00 bits per heavy atom. The number of oxime groups is 1. The van der Waals surface area contributed by atoms with Crippen LogP contribution in [-0.2, 0) is 14.4 Å². The lowest BCUT2D eigenvalue weighted by Crippen LogP contribution is -2.20. The van der Waals surface area contributed by atoms with Crippen molar-refractivity contribution >= 4 is 11.7 Å². The third-order valence-electron chi connectivity index (χ3n) is 2.70. The molecular formula is C12H17NO3.